The molecule has 0 bridgehead atoms. The summed E-state index contributed by atoms with van der Waals surface area (Å²) in [6.45, 7) is 2.34. The first-order valence-electron chi connectivity index (χ1n) is 9.76. The normalized spacial score (nSPS) is 17.5. The van der Waals surface area contributed by atoms with Crippen LogP contribution in [-0.2, 0) is 0 Å². The lowest BCUT2D eigenvalue weighted by Gasteiger charge is -2.14. The number of aryl methyl sites for hydroxylation is 1. The van der Waals surface area contributed by atoms with E-state index in [9.17, 15) is 4.79 Å². The van der Waals surface area contributed by atoms with Gasteiger partial charge in [-0.15, -0.1) is 0 Å². The van der Waals surface area contributed by atoms with Crippen molar-refractivity contribution in [3.63, 3.8) is 0 Å². The van der Waals surface area contributed by atoms with Gasteiger partial charge >= 0.3 is 0 Å². The predicted octanol–water partition coefficient (Wildman–Crippen LogP) is 3.33. The average molecular weight is 390 g/mol. The minimum absolute atomic E-state index is 0.181. The summed E-state index contributed by atoms with van der Waals surface area (Å²) in [6.07, 6.45) is 6.05. The highest BCUT2D eigenvalue weighted by Crippen LogP contribution is 2.43. The van der Waals surface area contributed by atoms with Crippen molar-refractivity contribution in [1.82, 2.24) is 19.9 Å². The molecule has 1 aliphatic carbocycles. The van der Waals surface area contributed by atoms with Gasteiger partial charge in [-0.2, -0.15) is 0 Å². The number of pyridine rings is 1. The Balaban J connectivity index is 1.37. The molecule has 1 atom stereocenters. The highest BCUT2D eigenvalue weighted by Gasteiger charge is 2.30. The molecule has 3 heterocycles. The molecule has 7 nitrogen and oxygen atoms in total. The highest BCUT2D eigenvalue weighted by atomic mass is 16.5. The minimum Gasteiger partial charge on any atom is -0.491 e. The number of fused-ring (bicyclic) bond motifs is 1. The topological polar surface area (TPSA) is 78.3 Å². The number of ether oxygens (including phenoxy) is 2. The van der Waals surface area contributed by atoms with E-state index in [4.69, 9.17) is 9.47 Å². The number of rotatable bonds is 5. The van der Waals surface area contributed by atoms with Crippen LogP contribution in [0.4, 0.5) is 0 Å². The Hall–Kier alpha value is -3.35. The van der Waals surface area contributed by atoms with E-state index in [0.717, 1.165) is 22.7 Å². The molecule has 1 aromatic carbocycles. The van der Waals surface area contributed by atoms with E-state index in [1.807, 2.05) is 29.8 Å². The lowest BCUT2D eigenvalue weighted by molar-refractivity contribution is 0.0924. The van der Waals surface area contributed by atoms with E-state index < -0.39 is 0 Å². The van der Waals surface area contributed by atoms with Crippen molar-refractivity contribution in [3.8, 4) is 17.3 Å². The molecule has 29 heavy (non-hydrogen) atoms. The predicted molar refractivity (Wildman–Crippen MR) is 107 cm³/mol. The van der Waals surface area contributed by atoms with Crippen LogP contribution >= 0.6 is 0 Å². The van der Waals surface area contributed by atoms with Crippen LogP contribution in [0.3, 0.4) is 0 Å². The summed E-state index contributed by atoms with van der Waals surface area (Å²) in [4.78, 5) is 21.5. The van der Waals surface area contributed by atoms with Crippen LogP contribution in [0.25, 0.3) is 5.69 Å². The molecule has 1 amide bonds. The summed E-state index contributed by atoms with van der Waals surface area (Å²) < 4.78 is 13.0. The Morgan fingerprint density at radius 2 is 2.14 bits per heavy atom. The summed E-state index contributed by atoms with van der Waals surface area (Å²) in [7, 11) is 1.54. The van der Waals surface area contributed by atoms with Crippen LogP contribution < -0.4 is 14.8 Å². The summed E-state index contributed by atoms with van der Waals surface area (Å²) in [5, 5.41) is 3.05. The molecule has 2 aliphatic rings. The molecule has 5 rings (SSSR count). The number of amides is 1. The van der Waals surface area contributed by atoms with Gasteiger partial charge in [-0.1, -0.05) is 6.07 Å². The van der Waals surface area contributed by atoms with Gasteiger partial charge in [-0.25, -0.2) is 9.97 Å². The van der Waals surface area contributed by atoms with Crippen molar-refractivity contribution < 1.29 is 14.3 Å². The van der Waals surface area contributed by atoms with Crippen LogP contribution in [0.2, 0.25) is 0 Å². The third kappa shape index (κ3) is 3.33. The molecular formula is C22H22N4O3. The van der Waals surface area contributed by atoms with E-state index >= 15 is 0 Å². The SMILES string of the molecule is COc1nc(C(=O)N[C@H]2COc3ccc(C4CC4)cc32)ccc1-n1cnc(C)c1. The smallest absolute Gasteiger partial charge is 0.270 e. The van der Waals surface area contributed by atoms with Crippen LogP contribution in [0, 0.1) is 6.92 Å². The molecule has 0 spiro atoms. The van der Waals surface area contributed by atoms with Crippen molar-refractivity contribution in [1.29, 1.82) is 0 Å². The number of carbonyl (C=O) groups excluding carboxylic acids is 1. The van der Waals surface area contributed by atoms with Gasteiger partial charge in [0.15, 0.2) is 0 Å². The summed E-state index contributed by atoms with van der Waals surface area (Å²) in [5.74, 6) is 1.61. The number of hydrogen-bond acceptors (Lipinski definition) is 5. The third-order valence-corrected chi connectivity index (χ3v) is 5.42. The highest BCUT2D eigenvalue weighted by molar-refractivity contribution is 5.93. The number of nitrogens with one attached hydrogen (secondary N) is 1. The summed E-state index contributed by atoms with van der Waals surface area (Å²) in [6, 6.07) is 9.64. The lowest BCUT2D eigenvalue weighted by Crippen LogP contribution is -2.30. The Kier molecular flexibility index (Phi) is 4.23. The van der Waals surface area contributed by atoms with E-state index in [0.29, 0.717) is 24.1 Å². The van der Waals surface area contributed by atoms with Crippen molar-refractivity contribution >= 4 is 5.91 Å². The molecule has 1 fully saturated rings. The Bertz CT molecular complexity index is 1090. The third-order valence-electron chi connectivity index (χ3n) is 5.42. The zero-order valence-electron chi connectivity index (χ0n) is 16.4. The fraction of sp³-hybridized carbons (Fsp3) is 0.318. The van der Waals surface area contributed by atoms with Crippen molar-refractivity contribution in [2.45, 2.75) is 31.7 Å². The molecule has 1 saturated carbocycles. The summed E-state index contributed by atoms with van der Waals surface area (Å²) in [5.41, 5.74) is 4.29. The number of nitrogens with zero attached hydrogens (tertiary/aromatic N) is 3. The Morgan fingerprint density at radius 1 is 1.28 bits per heavy atom. The van der Waals surface area contributed by atoms with E-state index in [-0.39, 0.29) is 11.9 Å². The standard InChI is InChI=1S/C22H22N4O3/c1-13-10-26(12-23-13)19-7-6-17(25-22(19)28-2)21(27)24-18-11-29-20-8-5-15(9-16(18)20)14-3-4-14/h5-10,12,14,18H,3-4,11H2,1-2H3,(H,24,27)/t18-/m0/s1. The number of benzene rings is 1. The molecule has 0 radical (unpaired) electrons. The number of methoxy groups -OCH3 is 1. The molecule has 3 aromatic rings. The fourth-order valence-corrected chi connectivity index (χ4v) is 3.72. The first kappa shape index (κ1) is 17.7. The Morgan fingerprint density at radius 3 is 2.86 bits per heavy atom. The maximum atomic E-state index is 12.9. The second-order valence-electron chi connectivity index (χ2n) is 7.56. The van der Waals surface area contributed by atoms with Gasteiger partial charge in [0.1, 0.15) is 23.7 Å². The Labute approximate surface area is 168 Å². The zero-order chi connectivity index (χ0) is 20.0. The summed E-state index contributed by atoms with van der Waals surface area (Å²) >= 11 is 0. The molecule has 2 aromatic heterocycles. The first-order valence-corrected chi connectivity index (χ1v) is 9.76. The largest absolute Gasteiger partial charge is 0.491 e. The minimum atomic E-state index is -0.255. The molecule has 0 saturated heterocycles. The van der Waals surface area contributed by atoms with Gasteiger partial charge in [-0.3, -0.25) is 4.79 Å². The number of aromatic nitrogens is 3. The number of imidazole rings is 1. The molecule has 1 aliphatic heterocycles. The van der Waals surface area contributed by atoms with Crippen LogP contribution in [0.1, 0.15) is 52.1 Å². The van der Waals surface area contributed by atoms with Gasteiger partial charge in [0.05, 0.1) is 25.2 Å². The van der Waals surface area contributed by atoms with Crippen LogP contribution in [0.5, 0.6) is 11.6 Å². The second kappa shape index (κ2) is 6.92. The second-order valence-corrected chi connectivity index (χ2v) is 7.56. The molecule has 1 N–H and O–H groups in total. The average Bonchev–Trinajstić information content (AvgIpc) is 3.39. The van der Waals surface area contributed by atoms with E-state index in [1.54, 1.807) is 12.4 Å². The fourth-order valence-electron chi connectivity index (χ4n) is 3.72. The molecule has 0 unspecified atom stereocenters. The van der Waals surface area contributed by atoms with Gasteiger partial charge < -0.3 is 19.4 Å². The zero-order valence-corrected chi connectivity index (χ0v) is 16.4. The molecular weight excluding hydrogens is 368 g/mol. The molecule has 148 valence electrons. The van der Waals surface area contributed by atoms with E-state index in [1.165, 1.54) is 25.5 Å². The van der Waals surface area contributed by atoms with Crippen LogP contribution in [-0.4, -0.2) is 34.2 Å². The van der Waals surface area contributed by atoms with Crippen molar-refractivity contribution in [2.24, 2.45) is 0 Å². The van der Waals surface area contributed by atoms with Gasteiger partial charge in [-0.05, 0) is 55.5 Å². The van der Waals surface area contributed by atoms with Crippen molar-refractivity contribution in [3.05, 3.63) is 65.4 Å². The van der Waals surface area contributed by atoms with Gasteiger partial charge in [0, 0.05) is 11.8 Å². The van der Waals surface area contributed by atoms with Gasteiger partial charge in [0.2, 0.25) is 5.88 Å². The first-order chi connectivity index (χ1) is 14.1. The maximum absolute atomic E-state index is 12.9. The van der Waals surface area contributed by atoms with E-state index in [2.05, 4.69) is 27.4 Å². The quantitative estimate of drug-likeness (QED) is 0.723. The number of carbonyl (C=O) groups is 1. The number of hydrogen-bond donors (Lipinski definition) is 1. The molecule has 7 heteroatoms. The van der Waals surface area contributed by atoms with Crippen molar-refractivity contribution in [2.75, 3.05) is 13.7 Å². The lowest BCUT2D eigenvalue weighted by atomic mass is 10.0. The van der Waals surface area contributed by atoms with Gasteiger partial charge in [0.25, 0.3) is 5.91 Å². The van der Waals surface area contributed by atoms with Crippen LogP contribution in [0.15, 0.2) is 42.9 Å². The maximum Gasteiger partial charge on any atom is 0.270 e. The monoisotopic (exact) mass is 390 g/mol.